The third-order valence-electron chi connectivity index (χ3n) is 3.69. The standard InChI is InChI=1S/C16H17N3O5/c1-3-23-10-7-5-9(6-8-10)19-14(20)11-12(15(19)21)17-18-13(11)16(22)24-4-2/h5-8,12,17-18H,3-4H2,1-2H3/t12-/m1/s1. The summed E-state index contributed by atoms with van der Waals surface area (Å²) < 4.78 is 10.2. The van der Waals surface area contributed by atoms with E-state index in [1.165, 1.54) is 0 Å². The van der Waals surface area contributed by atoms with Gasteiger partial charge in [0.2, 0.25) is 0 Å². The summed E-state index contributed by atoms with van der Waals surface area (Å²) in [5.74, 6) is -1.02. The monoisotopic (exact) mass is 331 g/mol. The van der Waals surface area contributed by atoms with Crippen molar-refractivity contribution in [2.75, 3.05) is 18.1 Å². The van der Waals surface area contributed by atoms with E-state index < -0.39 is 23.8 Å². The highest BCUT2D eigenvalue weighted by Gasteiger charge is 2.50. The maximum atomic E-state index is 12.7. The van der Waals surface area contributed by atoms with Gasteiger partial charge in [-0.15, -0.1) is 0 Å². The van der Waals surface area contributed by atoms with E-state index in [0.29, 0.717) is 18.0 Å². The van der Waals surface area contributed by atoms with Gasteiger partial charge in [-0.05, 0) is 38.1 Å². The molecule has 126 valence electrons. The number of benzene rings is 1. The lowest BCUT2D eigenvalue weighted by molar-refractivity contribution is -0.139. The van der Waals surface area contributed by atoms with E-state index in [1.54, 1.807) is 31.2 Å². The molecule has 0 bridgehead atoms. The quantitative estimate of drug-likeness (QED) is 0.590. The van der Waals surface area contributed by atoms with Crippen LogP contribution in [0.4, 0.5) is 5.69 Å². The maximum Gasteiger partial charge on any atom is 0.356 e. The number of anilines is 1. The zero-order valence-electron chi connectivity index (χ0n) is 13.3. The Morgan fingerprint density at radius 2 is 1.88 bits per heavy atom. The number of carbonyl (C=O) groups excluding carboxylic acids is 3. The molecule has 2 aliphatic heterocycles. The molecule has 2 heterocycles. The molecule has 2 aliphatic rings. The Labute approximate surface area is 138 Å². The molecule has 0 aliphatic carbocycles. The van der Waals surface area contributed by atoms with Crippen LogP contribution in [-0.2, 0) is 19.1 Å². The topological polar surface area (TPSA) is 97.0 Å². The van der Waals surface area contributed by atoms with Gasteiger partial charge in [0.15, 0.2) is 0 Å². The van der Waals surface area contributed by atoms with Crippen molar-refractivity contribution in [3.8, 4) is 5.75 Å². The van der Waals surface area contributed by atoms with Crippen molar-refractivity contribution in [1.82, 2.24) is 10.9 Å². The van der Waals surface area contributed by atoms with Crippen LogP contribution < -0.4 is 20.5 Å². The number of hydrogen-bond donors (Lipinski definition) is 2. The van der Waals surface area contributed by atoms with Crippen molar-refractivity contribution in [3.05, 3.63) is 35.5 Å². The van der Waals surface area contributed by atoms with E-state index >= 15 is 0 Å². The van der Waals surface area contributed by atoms with Crippen molar-refractivity contribution in [2.24, 2.45) is 0 Å². The fourth-order valence-corrected chi connectivity index (χ4v) is 2.66. The molecule has 0 spiro atoms. The fourth-order valence-electron chi connectivity index (χ4n) is 2.66. The minimum Gasteiger partial charge on any atom is -0.494 e. The smallest absolute Gasteiger partial charge is 0.356 e. The summed E-state index contributed by atoms with van der Waals surface area (Å²) in [5, 5.41) is 0. The van der Waals surface area contributed by atoms with Gasteiger partial charge in [-0.3, -0.25) is 9.59 Å². The van der Waals surface area contributed by atoms with Crippen LogP contribution in [0.1, 0.15) is 13.8 Å². The SMILES string of the molecule is CCOC(=O)C1=C2C(=O)N(c3ccc(OCC)cc3)C(=O)[C@@H]2NN1. The zero-order chi connectivity index (χ0) is 17.3. The first kappa shape index (κ1) is 16.0. The number of esters is 1. The molecule has 1 saturated heterocycles. The molecule has 8 heteroatoms. The molecule has 1 atom stereocenters. The third kappa shape index (κ3) is 2.50. The van der Waals surface area contributed by atoms with Gasteiger partial charge in [0.1, 0.15) is 17.5 Å². The normalized spacial score (nSPS) is 19.4. The van der Waals surface area contributed by atoms with Gasteiger partial charge < -0.3 is 14.9 Å². The Hall–Kier alpha value is -2.87. The number of amides is 2. The summed E-state index contributed by atoms with van der Waals surface area (Å²) >= 11 is 0. The van der Waals surface area contributed by atoms with Gasteiger partial charge in [0.25, 0.3) is 11.8 Å². The second-order valence-corrected chi connectivity index (χ2v) is 5.12. The van der Waals surface area contributed by atoms with Crippen LogP contribution in [0.2, 0.25) is 0 Å². The molecule has 24 heavy (non-hydrogen) atoms. The molecule has 1 fully saturated rings. The van der Waals surface area contributed by atoms with Gasteiger partial charge in [-0.1, -0.05) is 0 Å². The predicted molar refractivity (Wildman–Crippen MR) is 83.8 cm³/mol. The van der Waals surface area contributed by atoms with Gasteiger partial charge in [0.05, 0.1) is 24.5 Å². The van der Waals surface area contributed by atoms with Crippen molar-refractivity contribution in [1.29, 1.82) is 0 Å². The number of carbonyl (C=O) groups is 3. The molecule has 0 radical (unpaired) electrons. The zero-order valence-corrected chi connectivity index (χ0v) is 13.3. The van der Waals surface area contributed by atoms with Crippen molar-refractivity contribution >= 4 is 23.5 Å². The van der Waals surface area contributed by atoms with Crippen LogP contribution in [-0.4, -0.2) is 37.0 Å². The minimum atomic E-state index is -0.900. The molecule has 0 unspecified atom stereocenters. The summed E-state index contributed by atoms with van der Waals surface area (Å²) in [6.45, 7) is 4.22. The Bertz CT molecular complexity index is 726. The number of hydrazine groups is 1. The van der Waals surface area contributed by atoms with Crippen LogP contribution in [0.5, 0.6) is 5.75 Å². The van der Waals surface area contributed by atoms with Crippen LogP contribution in [0.3, 0.4) is 0 Å². The number of hydrogen-bond acceptors (Lipinski definition) is 7. The molecule has 0 aromatic heterocycles. The Balaban J connectivity index is 1.92. The Morgan fingerprint density at radius 1 is 1.17 bits per heavy atom. The number of ether oxygens (including phenoxy) is 2. The maximum absolute atomic E-state index is 12.7. The van der Waals surface area contributed by atoms with Crippen LogP contribution in [0.15, 0.2) is 35.5 Å². The highest BCUT2D eigenvalue weighted by Crippen LogP contribution is 2.31. The van der Waals surface area contributed by atoms with E-state index in [9.17, 15) is 14.4 Å². The van der Waals surface area contributed by atoms with Gasteiger partial charge in [-0.2, -0.15) is 0 Å². The molecule has 3 rings (SSSR count). The number of imide groups is 1. The van der Waals surface area contributed by atoms with Gasteiger partial charge >= 0.3 is 5.97 Å². The Kier molecular flexibility index (Phi) is 4.22. The first-order valence-corrected chi connectivity index (χ1v) is 7.62. The summed E-state index contributed by atoms with van der Waals surface area (Å²) in [6.07, 6.45) is 0. The van der Waals surface area contributed by atoms with Crippen molar-refractivity contribution < 1.29 is 23.9 Å². The summed E-state index contributed by atoms with van der Waals surface area (Å²) in [6, 6.07) is 5.71. The van der Waals surface area contributed by atoms with Gasteiger partial charge in [-0.25, -0.2) is 15.1 Å². The lowest BCUT2D eigenvalue weighted by Crippen LogP contribution is -2.42. The summed E-state index contributed by atoms with van der Waals surface area (Å²) in [7, 11) is 0. The van der Waals surface area contributed by atoms with E-state index in [2.05, 4.69) is 10.9 Å². The number of nitrogens with zero attached hydrogens (tertiary/aromatic N) is 1. The molecule has 2 N–H and O–H groups in total. The van der Waals surface area contributed by atoms with Crippen molar-refractivity contribution in [2.45, 2.75) is 19.9 Å². The van der Waals surface area contributed by atoms with E-state index in [4.69, 9.17) is 9.47 Å². The number of fused-ring (bicyclic) bond motifs is 1. The van der Waals surface area contributed by atoms with Gasteiger partial charge in [0, 0.05) is 0 Å². The van der Waals surface area contributed by atoms with E-state index in [1.807, 2.05) is 6.92 Å². The number of rotatable bonds is 5. The molecule has 1 aromatic rings. The first-order valence-electron chi connectivity index (χ1n) is 7.62. The average Bonchev–Trinajstić information content (AvgIpc) is 3.10. The second kappa shape index (κ2) is 6.32. The average molecular weight is 331 g/mol. The molecule has 8 nitrogen and oxygen atoms in total. The molecule has 1 aromatic carbocycles. The van der Waals surface area contributed by atoms with Crippen LogP contribution in [0, 0.1) is 0 Å². The van der Waals surface area contributed by atoms with E-state index in [-0.39, 0.29) is 17.9 Å². The molecule has 0 saturated carbocycles. The highest BCUT2D eigenvalue weighted by atomic mass is 16.5. The highest BCUT2D eigenvalue weighted by molar-refractivity contribution is 6.32. The molecule has 2 amide bonds. The van der Waals surface area contributed by atoms with Crippen LogP contribution >= 0.6 is 0 Å². The first-order chi connectivity index (χ1) is 11.6. The molecular weight excluding hydrogens is 314 g/mol. The fraction of sp³-hybridized carbons (Fsp3) is 0.312. The summed E-state index contributed by atoms with van der Waals surface area (Å²) in [4.78, 5) is 38.1. The predicted octanol–water partition coefficient (Wildman–Crippen LogP) is 0.252. The number of nitrogens with one attached hydrogen (secondary N) is 2. The molecular formula is C16H17N3O5. The van der Waals surface area contributed by atoms with Crippen LogP contribution in [0.25, 0.3) is 0 Å². The van der Waals surface area contributed by atoms with E-state index in [0.717, 1.165) is 4.90 Å². The Morgan fingerprint density at radius 3 is 2.50 bits per heavy atom. The lowest BCUT2D eigenvalue weighted by atomic mass is 10.1. The largest absolute Gasteiger partial charge is 0.494 e. The lowest BCUT2D eigenvalue weighted by Gasteiger charge is -2.16. The summed E-state index contributed by atoms with van der Waals surface area (Å²) in [5.41, 5.74) is 5.70. The van der Waals surface area contributed by atoms with Crippen molar-refractivity contribution in [3.63, 3.8) is 0 Å². The third-order valence-corrected chi connectivity index (χ3v) is 3.69. The second-order valence-electron chi connectivity index (χ2n) is 5.12. The minimum absolute atomic E-state index is 0.0198.